The molecule has 4 rings (SSSR count). The number of nitrogens with zero attached hydrogens (tertiary/aromatic N) is 4. The van der Waals surface area contributed by atoms with Crippen LogP contribution in [0.5, 0.6) is 0 Å². The van der Waals surface area contributed by atoms with E-state index in [1.165, 1.54) is 0 Å². The van der Waals surface area contributed by atoms with Gasteiger partial charge in [-0.1, -0.05) is 36.4 Å². The summed E-state index contributed by atoms with van der Waals surface area (Å²) in [7, 11) is -3.35. The van der Waals surface area contributed by atoms with Crippen molar-refractivity contribution in [2.24, 2.45) is 0 Å². The second kappa shape index (κ2) is 9.32. The summed E-state index contributed by atoms with van der Waals surface area (Å²) in [5.41, 5.74) is 1.92. The lowest BCUT2D eigenvalue weighted by atomic mass is 10.1. The molecular formula is C22H25N5O2S. The average Bonchev–Trinajstić information content (AvgIpc) is 3.27. The van der Waals surface area contributed by atoms with Crippen molar-refractivity contribution in [1.82, 2.24) is 19.3 Å². The van der Waals surface area contributed by atoms with Crippen LogP contribution < -0.4 is 5.32 Å². The van der Waals surface area contributed by atoms with Gasteiger partial charge in [0.05, 0.1) is 23.7 Å². The van der Waals surface area contributed by atoms with Gasteiger partial charge < -0.3 is 5.32 Å². The fraction of sp³-hybridized carbons (Fsp3) is 0.318. The summed E-state index contributed by atoms with van der Waals surface area (Å²) in [4.78, 5) is 12.9. The number of aromatic nitrogens is 3. The van der Waals surface area contributed by atoms with Crippen LogP contribution in [0.4, 0.5) is 11.6 Å². The van der Waals surface area contributed by atoms with Crippen LogP contribution in [0.25, 0.3) is 0 Å². The smallest absolute Gasteiger partial charge is 0.214 e. The molecule has 1 fully saturated rings. The van der Waals surface area contributed by atoms with Gasteiger partial charge in [-0.3, -0.25) is 4.98 Å². The lowest BCUT2D eigenvalue weighted by Crippen LogP contribution is -2.33. The number of aryl methyl sites for hydroxylation is 1. The summed E-state index contributed by atoms with van der Waals surface area (Å²) in [6.45, 7) is 0.543. The lowest BCUT2D eigenvalue weighted by molar-refractivity contribution is 0.390. The molecule has 30 heavy (non-hydrogen) atoms. The number of hydrogen-bond acceptors (Lipinski definition) is 6. The van der Waals surface area contributed by atoms with Crippen LogP contribution in [0.15, 0.2) is 67.1 Å². The zero-order valence-corrected chi connectivity index (χ0v) is 17.5. The highest BCUT2D eigenvalue weighted by Crippen LogP contribution is 2.34. The largest absolute Gasteiger partial charge is 0.324 e. The lowest BCUT2D eigenvalue weighted by Gasteiger charge is -2.24. The Morgan fingerprint density at radius 2 is 1.90 bits per heavy atom. The van der Waals surface area contributed by atoms with Crippen LogP contribution >= 0.6 is 0 Å². The molecule has 0 aliphatic carbocycles. The number of pyridine rings is 1. The van der Waals surface area contributed by atoms with Crippen molar-refractivity contribution in [2.75, 3.05) is 17.6 Å². The van der Waals surface area contributed by atoms with E-state index < -0.39 is 10.0 Å². The molecule has 8 heteroatoms. The maximum absolute atomic E-state index is 13.0. The van der Waals surface area contributed by atoms with Gasteiger partial charge in [-0.15, -0.1) is 0 Å². The molecule has 1 atom stereocenters. The highest BCUT2D eigenvalue weighted by atomic mass is 32.2. The molecule has 156 valence electrons. The van der Waals surface area contributed by atoms with Crippen LogP contribution in [0, 0.1) is 0 Å². The van der Waals surface area contributed by atoms with E-state index in [4.69, 9.17) is 0 Å². The predicted molar refractivity (Wildman–Crippen MR) is 117 cm³/mol. The van der Waals surface area contributed by atoms with Crippen LogP contribution in [-0.2, 0) is 16.4 Å². The van der Waals surface area contributed by atoms with Gasteiger partial charge in [0.25, 0.3) is 0 Å². The third kappa shape index (κ3) is 5.01. The normalized spacial score (nSPS) is 17.1. The van der Waals surface area contributed by atoms with E-state index in [9.17, 15) is 8.42 Å². The molecule has 7 nitrogen and oxygen atoms in total. The molecule has 1 aliphatic heterocycles. The van der Waals surface area contributed by atoms with Crippen LogP contribution in [0.2, 0.25) is 0 Å². The molecule has 2 aromatic heterocycles. The fourth-order valence-corrected chi connectivity index (χ4v) is 5.54. The van der Waals surface area contributed by atoms with Crippen molar-refractivity contribution in [3.05, 3.63) is 78.4 Å². The Labute approximate surface area is 177 Å². The molecule has 1 aliphatic rings. The molecule has 1 aromatic carbocycles. The van der Waals surface area contributed by atoms with Gasteiger partial charge in [0.2, 0.25) is 10.0 Å². The molecule has 0 unspecified atom stereocenters. The van der Waals surface area contributed by atoms with Crippen molar-refractivity contribution in [1.29, 1.82) is 0 Å². The zero-order valence-electron chi connectivity index (χ0n) is 16.7. The van der Waals surface area contributed by atoms with Gasteiger partial charge in [-0.2, -0.15) is 4.31 Å². The summed E-state index contributed by atoms with van der Waals surface area (Å²) in [5, 5.41) is 3.12. The third-order valence-corrected chi connectivity index (χ3v) is 7.16. The van der Waals surface area contributed by atoms with Crippen LogP contribution in [-0.4, -0.2) is 40.0 Å². The maximum Gasteiger partial charge on any atom is 0.214 e. The Morgan fingerprint density at radius 1 is 1.03 bits per heavy atom. The molecule has 1 saturated heterocycles. The number of rotatable bonds is 8. The van der Waals surface area contributed by atoms with Crippen molar-refractivity contribution < 1.29 is 8.42 Å². The first-order chi connectivity index (χ1) is 14.6. The fourth-order valence-electron chi connectivity index (χ4n) is 3.79. The van der Waals surface area contributed by atoms with E-state index in [2.05, 4.69) is 20.3 Å². The topological polar surface area (TPSA) is 88.1 Å². The molecule has 0 radical (unpaired) electrons. The summed E-state index contributed by atoms with van der Waals surface area (Å²) >= 11 is 0. The monoisotopic (exact) mass is 423 g/mol. The first-order valence-corrected chi connectivity index (χ1v) is 11.8. The van der Waals surface area contributed by atoms with Gasteiger partial charge in [-0.25, -0.2) is 18.4 Å². The number of hydrogen-bond donors (Lipinski definition) is 1. The predicted octanol–water partition coefficient (Wildman–Crippen LogP) is 3.71. The van der Waals surface area contributed by atoms with Crippen molar-refractivity contribution >= 4 is 21.7 Å². The Kier molecular flexibility index (Phi) is 6.35. The van der Waals surface area contributed by atoms with E-state index in [-0.39, 0.29) is 11.8 Å². The average molecular weight is 424 g/mol. The number of nitrogens with one attached hydrogen (secondary N) is 1. The van der Waals surface area contributed by atoms with Gasteiger partial charge in [0.1, 0.15) is 11.6 Å². The summed E-state index contributed by atoms with van der Waals surface area (Å²) in [6.07, 6.45) is 7.81. The molecule has 3 aromatic rings. The number of anilines is 2. The zero-order chi connectivity index (χ0) is 20.8. The van der Waals surface area contributed by atoms with Crippen LogP contribution in [0.1, 0.15) is 36.6 Å². The van der Waals surface area contributed by atoms with E-state index in [0.29, 0.717) is 24.6 Å². The molecule has 0 amide bonds. The van der Waals surface area contributed by atoms with Crippen LogP contribution in [0.3, 0.4) is 0 Å². The summed E-state index contributed by atoms with van der Waals surface area (Å²) < 4.78 is 27.7. The molecule has 0 saturated carbocycles. The van der Waals surface area contributed by atoms with Gasteiger partial charge >= 0.3 is 0 Å². The molecule has 0 spiro atoms. The summed E-state index contributed by atoms with van der Waals surface area (Å²) in [6, 6.07) is 15.4. The van der Waals surface area contributed by atoms with E-state index in [1.807, 2.05) is 48.5 Å². The van der Waals surface area contributed by atoms with Crippen molar-refractivity contribution in [3.63, 3.8) is 0 Å². The molecule has 0 bridgehead atoms. The van der Waals surface area contributed by atoms with E-state index in [1.54, 1.807) is 22.9 Å². The second-order valence-corrected chi connectivity index (χ2v) is 9.38. The quantitative estimate of drug-likeness (QED) is 0.594. The van der Waals surface area contributed by atoms with Crippen molar-refractivity contribution in [2.45, 2.75) is 31.7 Å². The molecule has 1 N–H and O–H groups in total. The highest BCUT2D eigenvalue weighted by molar-refractivity contribution is 7.89. The highest BCUT2D eigenvalue weighted by Gasteiger charge is 2.35. The minimum Gasteiger partial charge on any atom is -0.324 e. The standard InChI is InChI=1S/C22H25N5O2S/c28-30(29,16-6-9-18-7-2-1-3-8-18)27-15-5-11-20(27)19-10-4-12-21(25-19)26-22-17-23-13-14-24-22/h1-4,7-8,10,12-14,17,20H,5-6,9,11,15-16H2,(H,24,25,26)/t20-/m0/s1. The first kappa shape index (κ1) is 20.4. The first-order valence-electron chi connectivity index (χ1n) is 10.2. The van der Waals surface area contributed by atoms with Gasteiger partial charge in [0, 0.05) is 18.9 Å². The maximum atomic E-state index is 13.0. The number of sulfonamides is 1. The minimum atomic E-state index is -3.35. The Balaban J connectivity index is 1.44. The second-order valence-electron chi connectivity index (χ2n) is 7.34. The summed E-state index contributed by atoms with van der Waals surface area (Å²) in [5.74, 6) is 1.37. The number of benzene rings is 1. The third-order valence-electron chi connectivity index (χ3n) is 5.20. The Hall–Kier alpha value is -2.84. The van der Waals surface area contributed by atoms with Gasteiger partial charge in [0.15, 0.2) is 0 Å². The Bertz CT molecular complexity index is 1060. The Morgan fingerprint density at radius 3 is 2.70 bits per heavy atom. The van der Waals surface area contributed by atoms with Crippen molar-refractivity contribution in [3.8, 4) is 0 Å². The van der Waals surface area contributed by atoms with Gasteiger partial charge in [-0.05, 0) is 43.4 Å². The SMILES string of the molecule is O=S(=O)(CCCc1ccccc1)N1CCC[C@H]1c1cccc(Nc2cnccn2)n1. The molecular weight excluding hydrogens is 398 g/mol. The molecule has 3 heterocycles. The minimum absolute atomic E-state index is 0.149. The van der Waals surface area contributed by atoms with E-state index >= 15 is 0 Å². The van der Waals surface area contributed by atoms with E-state index in [0.717, 1.165) is 30.5 Å².